The molecule has 1 fully saturated rings. The fourth-order valence-corrected chi connectivity index (χ4v) is 6.10. The van der Waals surface area contributed by atoms with Gasteiger partial charge in [-0.3, -0.25) is 19.3 Å². The van der Waals surface area contributed by atoms with Crippen LogP contribution >= 0.6 is 23.5 Å². The molecule has 1 aromatic carbocycles. The highest BCUT2D eigenvalue weighted by atomic mass is 32.2. The van der Waals surface area contributed by atoms with Gasteiger partial charge in [0.05, 0.1) is 6.54 Å². The Bertz CT molecular complexity index is 1300. The molecule has 3 atom stereocenters. The summed E-state index contributed by atoms with van der Waals surface area (Å²) in [6, 6.07) is 0.933. The maximum atomic E-state index is 13.6. The van der Waals surface area contributed by atoms with Gasteiger partial charge in [-0.2, -0.15) is 0 Å². The average molecular weight is 553 g/mol. The molecule has 1 aromatic heterocycles. The summed E-state index contributed by atoms with van der Waals surface area (Å²) in [6.07, 6.45) is 0.0277. The molecule has 0 spiro atoms. The van der Waals surface area contributed by atoms with Crippen molar-refractivity contribution in [2.45, 2.75) is 35.6 Å². The minimum Gasteiger partial charge on any atom is -0.505 e. The van der Waals surface area contributed by atoms with Crippen LogP contribution in [0, 0.1) is 5.82 Å². The Balaban J connectivity index is 1.43. The summed E-state index contributed by atoms with van der Waals surface area (Å²) in [5.74, 6) is -4.32. The predicted molar refractivity (Wildman–Crippen MR) is 127 cm³/mol. The largest absolute Gasteiger partial charge is 0.505 e. The Morgan fingerprint density at radius 1 is 1.35 bits per heavy atom. The van der Waals surface area contributed by atoms with Crippen molar-refractivity contribution in [3.05, 3.63) is 40.8 Å². The monoisotopic (exact) mass is 552 g/mol. The number of phenols is 1. The maximum Gasteiger partial charge on any atom is 0.352 e. The summed E-state index contributed by atoms with van der Waals surface area (Å²) in [6.45, 7) is 0.164. The first kappa shape index (κ1) is 26.4. The van der Waals surface area contributed by atoms with Crippen LogP contribution in [0.25, 0.3) is 0 Å². The van der Waals surface area contributed by atoms with Gasteiger partial charge in [0.2, 0.25) is 17.0 Å². The lowest BCUT2D eigenvalue weighted by Gasteiger charge is -2.49. The van der Waals surface area contributed by atoms with Crippen LogP contribution in [0.2, 0.25) is 0 Å². The molecule has 196 valence electrons. The highest BCUT2D eigenvalue weighted by Gasteiger charge is 2.54. The molecule has 0 saturated carbocycles. The molecular formula is C20H21FN8O6S2. The summed E-state index contributed by atoms with van der Waals surface area (Å²) in [5, 5.41) is 32.5. The number of thioether (sulfide) groups is 2. The van der Waals surface area contributed by atoms with Gasteiger partial charge >= 0.3 is 5.97 Å². The summed E-state index contributed by atoms with van der Waals surface area (Å²) in [5.41, 5.74) is 11.4. The van der Waals surface area contributed by atoms with Gasteiger partial charge < -0.3 is 27.0 Å². The number of carboxylic acid groups (broad SMARTS) is 1. The number of hydrogen-bond acceptors (Lipinski definition) is 11. The van der Waals surface area contributed by atoms with E-state index in [-0.39, 0.29) is 35.7 Å². The standard InChI is InChI=1S/C20H21FN8O6S2/c21-10-5-8(1-2-11(10)30)13(23)16(32)24-14-17(33)29-15(19(34)35)9(6-36-18(14)29)7-37-20-25-26-27-28(20)4-3-12(22)31/h1-2,5,13-14,18,30H,3-4,6-7,23H2,(H2,22,31)(H,24,32)(H,34,35)/t13?,14?,18-/m1/s1. The first-order valence-corrected chi connectivity index (χ1v) is 12.7. The van der Waals surface area contributed by atoms with Crippen LogP contribution in [0.15, 0.2) is 34.6 Å². The highest BCUT2D eigenvalue weighted by molar-refractivity contribution is 8.01. The summed E-state index contributed by atoms with van der Waals surface area (Å²) >= 11 is 2.41. The van der Waals surface area contributed by atoms with Crippen molar-refractivity contribution in [3.63, 3.8) is 0 Å². The first-order chi connectivity index (χ1) is 17.6. The number of carbonyl (C=O) groups is 4. The zero-order chi connectivity index (χ0) is 26.9. The Hall–Kier alpha value is -3.70. The molecule has 2 aliphatic rings. The van der Waals surface area contributed by atoms with Crippen LogP contribution in [-0.4, -0.2) is 81.9 Å². The Labute approximate surface area is 216 Å². The topological polar surface area (TPSA) is 220 Å². The highest BCUT2D eigenvalue weighted by Crippen LogP contribution is 2.41. The number of halogens is 1. The van der Waals surface area contributed by atoms with Gasteiger partial charge in [0.1, 0.15) is 23.2 Å². The number of aromatic nitrogens is 4. The van der Waals surface area contributed by atoms with Crippen LogP contribution in [0.4, 0.5) is 4.39 Å². The van der Waals surface area contributed by atoms with E-state index in [1.807, 2.05) is 0 Å². The third-order valence-corrected chi connectivity index (χ3v) is 7.99. The lowest BCUT2D eigenvalue weighted by atomic mass is 10.0. The van der Waals surface area contributed by atoms with Gasteiger partial charge in [0.25, 0.3) is 5.91 Å². The van der Waals surface area contributed by atoms with Gasteiger partial charge in [0.15, 0.2) is 11.6 Å². The quantitative estimate of drug-likeness (QED) is 0.176. The number of aryl methyl sites for hydroxylation is 1. The molecule has 0 aliphatic carbocycles. The summed E-state index contributed by atoms with van der Waals surface area (Å²) in [7, 11) is 0. The molecule has 4 rings (SSSR count). The smallest absolute Gasteiger partial charge is 0.352 e. The van der Waals surface area contributed by atoms with Crippen molar-refractivity contribution in [2.75, 3.05) is 11.5 Å². The van der Waals surface area contributed by atoms with E-state index in [0.29, 0.717) is 10.7 Å². The molecular weight excluding hydrogens is 531 g/mol. The normalized spacial score (nSPS) is 19.7. The number of aromatic hydroxyl groups is 1. The number of nitrogens with one attached hydrogen (secondary N) is 1. The molecule has 17 heteroatoms. The van der Waals surface area contributed by atoms with E-state index in [9.17, 15) is 33.8 Å². The first-order valence-electron chi connectivity index (χ1n) is 10.7. The van der Waals surface area contributed by atoms with Crippen molar-refractivity contribution in [1.29, 1.82) is 0 Å². The average Bonchev–Trinajstić information content (AvgIpc) is 3.32. The van der Waals surface area contributed by atoms with Crippen molar-refractivity contribution < 1.29 is 33.8 Å². The third kappa shape index (κ3) is 5.37. The van der Waals surface area contributed by atoms with Gasteiger partial charge in [-0.15, -0.1) is 16.9 Å². The zero-order valence-corrected chi connectivity index (χ0v) is 20.5. The molecule has 3 amide bonds. The maximum absolute atomic E-state index is 13.6. The molecule has 3 heterocycles. The Kier molecular flexibility index (Phi) is 7.65. The number of rotatable bonds is 10. The number of fused-ring (bicyclic) bond motifs is 1. The minimum atomic E-state index is -1.31. The van der Waals surface area contributed by atoms with Crippen molar-refractivity contribution in [1.82, 2.24) is 30.4 Å². The molecule has 14 nitrogen and oxygen atoms in total. The third-order valence-electron chi connectivity index (χ3n) is 5.61. The number of nitrogens with two attached hydrogens (primary N) is 2. The lowest BCUT2D eigenvalue weighted by molar-refractivity contribution is -0.150. The number of aliphatic carboxylic acids is 1. The molecule has 2 unspecified atom stereocenters. The number of benzene rings is 1. The molecule has 7 N–H and O–H groups in total. The number of hydrogen-bond donors (Lipinski definition) is 5. The van der Waals surface area contributed by atoms with Gasteiger partial charge in [-0.1, -0.05) is 17.8 Å². The second-order valence-corrected chi connectivity index (χ2v) is 10.1. The minimum absolute atomic E-state index is 0.0277. The lowest BCUT2D eigenvalue weighted by Crippen LogP contribution is -2.71. The number of nitrogens with zero attached hydrogens (tertiary/aromatic N) is 5. The Morgan fingerprint density at radius 3 is 2.78 bits per heavy atom. The molecule has 0 radical (unpaired) electrons. The van der Waals surface area contributed by atoms with E-state index in [4.69, 9.17) is 11.5 Å². The second kappa shape index (κ2) is 10.7. The molecule has 2 aromatic rings. The van der Waals surface area contributed by atoms with Crippen molar-refractivity contribution in [3.8, 4) is 5.75 Å². The molecule has 1 saturated heterocycles. The van der Waals surface area contributed by atoms with E-state index < -0.39 is 52.7 Å². The number of phenolic OH excluding ortho intramolecular Hbond substituents is 1. The molecule has 37 heavy (non-hydrogen) atoms. The second-order valence-electron chi connectivity index (χ2n) is 8.03. The number of tetrazole rings is 1. The van der Waals surface area contributed by atoms with E-state index in [2.05, 4.69) is 20.8 Å². The number of amides is 3. The SMILES string of the molecule is NC(=O)CCn1nnnc1SCC1=C(C(=O)O)N2C(=O)C(NC(=O)C(N)c3ccc(O)c(F)c3)[C@H]2SC1. The van der Waals surface area contributed by atoms with Crippen LogP contribution < -0.4 is 16.8 Å². The van der Waals surface area contributed by atoms with Crippen LogP contribution in [0.1, 0.15) is 18.0 Å². The molecule has 2 aliphatic heterocycles. The van der Waals surface area contributed by atoms with Crippen LogP contribution in [0.3, 0.4) is 0 Å². The predicted octanol–water partition coefficient (Wildman–Crippen LogP) is -1.08. The van der Waals surface area contributed by atoms with Gasteiger partial charge in [-0.05, 0) is 33.7 Å². The summed E-state index contributed by atoms with van der Waals surface area (Å²) < 4.78 is 15.0. The zero-order valence-electron chi connectivity index (χ0n) is 18.9. The van der Waals surface area contributed by atoms with E-state index in [1.54, 1.807) is 0 Å². The number of β-lactam (4-membered cyclic amide) rings is 1. The van der Waals surface area contributed by atoms with Gasteiger partial charge in [-0.25, -0.2) is 13.9 Å². The van der Waals surface area contributed by atoms with E-state index in [1.165, 1.54) is 22.5 Å². The Morgan fingerprint density at radius 2 is 2.11 bits per heavy atom. The fraction of sp³-hybridized carbons (Fsp3) is 0.350. The van der Waals surface area contributed by atoms with Gasteiger partial charge in [0, 0.05) is 17.9 Å². The van der Waals surface area contributed by atoms with Crippen LogP contribution in [0.5, 0.6) is 5.75 Å². The fourth-order valence-electron chi connectivity index (χ4n) is 3.71. The van der Waals surface area contributed by atoms with E-state index >= 15 is 0 Å². The summed E-state index contributed by atoms with van der Waals surface area (Å²) in [4.78, 5) is 49.7. The number of carbonyl (C=O) groups excluding carboxylic acids is 3. The van der Waals surface area contributed by atoms with Crippen LogP contribution in [-0.2, 0) is 25.7 Å². The number of carboxylic acids is 1. The van der Waals surface area contributed by atoms with Crippen molar-refractivity contribution in [2.24, 2.45) is 11.5 Å². The van der Waals surface area contributed by atoms with E-state index in [0.717, 1.165) is 28.8 Å². The molecule has 0 bridgehead atoms. The van der Waals surface area contributed by atoms with Crippen molar-refractivity contribution >= 4 is 47.2 Å². The number of primary amides is 1.